The molecule has 2 N–H and O–H groups in total. The highest BCUT2D eigenvalue weighted by atomic mass is 16.2. The average molecular weight is 305 g/mol. The summed E-state index contributed by atoms with van der Waals surface area (Å²) in [6.07, 6.45) is 7.05. The van der Waals surface area contributed by atoms with Gasteiger partial charge in [-0.15, -0.1) is 0 Å². The van der Waals surface area contributed by atoms with Crippen molar-refractivity contribution in [1.29, 1.82) is 0 Å². The molecule has 3 rings (SSSR count). The number of aromatic nitrogens is 3. The number of rotatable bonds is 5. The van der Waals surface area contributed by atoms with Gasteiger partial charge >= 0.3 is 0 Å². The predicted octanol–water partition coefficient (Wildman–Crippen LogP) is 2.18. The summed E-state index contributed by atoms with van der Waals surface area (Å²) in [5.74, 6) is 0.481. The van der Waals surface area contributed by atoms with Gasteiger partial charge in [-0.1, -0.05) is 30.3 Å². The number of pyridine rings is 1. The molecule has 0 aliphatic carbocycles. The van der Waals surface area contributed by atoms with Gasteiger partial charge in [0.25, 0.3) is 5.91 Å². The van der Waals surface area contributed by atoms with Gasteiger partial charge in [0.1, 0.15) is 5.82 Å². The lowest BCUT2D eigenvalue weighted by atomic mass is 10.1. The van der Waals surface area contributed by atoms with E-state index in [2.05, 4.69) is 25.5 Å². The van der Waals surface area contributed by atoms with E-state index in [9.17, 15) is 4.79 Å². The molecule has 1 amide bonds. The summed E-state index contributed by atoms with van der Waals surface area (Å²) < 4.78 is 0. The predicted molar refractivity (Wildman–Crippen MR) is 87.0 cm³/mol. The number of hydrazone groups is 1. The van der Waals surface area contributed by atoms with Crippen molar-refractivity contribution in [3.05, 3.63) is 84.2 Å². The molecule has 23 heavy (non-hydrogen) atoms. The lowest BCUT2D eigenvalue weighted by molar-refractivity contribution is 0.0954. The number of hydrogen-bond donors (Lipinski definition) is 2. The Bertz CT molecular complexity index is 782. The van der Waals surface area contributed by atoms with Crippen LogP contribution in [0, 0.1) is 0 Å². The van der Waals surface area contributed by atoms with E-state index in [0.717, 1.165) is 17.1 Å². The zero-order valence-electron chi connectivity index (χ0n) is 12.3. The minimum absolute atomic E-state index is 0.300. The second-order valence-electron chi connectivity index (χ2n) is 4.82. The average Bonchev–Trinajstić information content (AvgIpc) is 3.13. The van der Waals surface area contributed by atoms with Crippen molar-refractivity contribution in [3.8, 4) is 0 Å². The second kappa shape index (κ2) is 7.13. The quantitative estimate of drug-likeness (QED) is 0.560. The molecule has 0 radical (unpaired) electrons. The minimum atomic E-state index is -0.300. The molecule has 0 unspecified atom stereocenters. The number of aromatic amines is 1. The van der Waals surface area contributed by atoms with Crippen LogP contribution in [0.15, 0.2) is 72.4 Å². The number of amides is 1. The number of benzene rings is 1. The van der Waals surface area contributed by atoms with E-state index >= 15 is 0 Å². The number of nitrogens with one attached hydrogen (secondary N) is 2. The van der Waals surface area contributed by atoms with E-state index in [1.807, 2.05) is 30.3 Å². The van der Waals surface area contributed by atoms with Crippen LogP contribution in [0.1, 0.15) is 21.7 Å². The SMILES string of the molecule is O=C(N/N=C(/Cc1ncc[nH]1)c1ccccc1)c1cccnc1. The Kier molecular flexibility index (Phi) is 4.54. The molecular formula is C17H15N5O. The number of hydrogen-bond acceptors (Lipinski definition) is 4. The van der Waals surface area contributed by atoms with Crippen LogP contribution in [0.4, 0.5) is 0 Å². The lowest BCUT2D eigenvalue weighted by Crippen LogP contribution is -2.21. The molecule has 0 atom stereocenters. The fourth-order valence-corrected chi connectivity index (χ4v) is 2.07. The Morgan fingerprint density at radius 3 is 2.61 bits per heavy atom. The smallest absolute Gasteiger partial charge is 0.272 e. The van der Waals surface area contributed by atoms with Crippen molar-refractivity contribution >= 4 is 11.6 Å². The third-order valence-corrected chi connectivity index (χ3v) is 3.21. The maximum atomic E-state index is 12.1. The van der Waals surface area contributed by atoms with Crippen LogP contribution in [-0.2, 0) is 6.42 Å². The summed E-state index contributed by atoms with van der Waals surface area (Å²) in [6, 6.07) is 13.1. The van der Waals surface area contributed by atoms with Crippen molar-refractivity contribution in [2.75, 3.05) is 0 Å². The first-order valence-corrected chi connectivity index (χ1v) is 7.13. The summed E-state index contributed by atoms with van der Waals surface area (Å²) in [5, 5.41) is 4.27. The van der Waals surface area contributed by atoms with Crippen molar-refractivity contribution in [3.63, 3.8) is 0 Å². The third-order valence-electron chi connectivity index (χ3n) is 3.21. The first-order chi connectivity index (χ1) is 11.3. The van der Waals surface area contributed by atoms with Gasteiger partial charge in [-0.3, -0.25) is 9.78 Å². The molecule has 114 valence electrons. The van der Waals surface area contributed by atoms with Crippen LogP contribution in [0.5, 0.6) is 0 Å². The van der Waals surface area contributed by atoms with Crippen LogP contribution < -0.4 is 5.43 Å². The maximum Gasteiger partial charge on any atom is 0.272 e. The Labute approximate surface area is 133 Å². The van der Waals surface area contributed by atoms with Gasteiger partial charge in [-0.05, 0) is 17.7 Å². The highest BCUT2D eigenvalue weighted by molar-refractivity contribution is 6.03. The molecular weight excluding hydrogens is 290 g/mol. The number of carbonyl (C=O) groups is 1. The lowest BCUT2D eigenvalue weighted by Gasteiger charge is -2.06. The van der Waals surface area contributed by atoms with Crippen molar-refractivity contribution in [2.24, 2.45) is 5.10 Å². The Morgan fingerprint density at radius 2 is 1.91 bits per heavy atom. The molecule has 0 spiro atoms. The molecule has 0 fully saturated rings. The van der Waals surface area contributed by atoms with Crippen LogP contribution >= 0.6 is 0 Å². The van der Waals surface area contributed by atoms with E-state index in [-0.39, 0.29) is 5.91 Å². The summed E-state index contributed by atoms with van der Waals surface area (Å²) in [6.45, 7) is 0. The molecule has 0 saturated heterocycles. The molecule has 0 aliphatic rings. The molecule has 2 aromatic heterocycles. The standard InChI is InChI=1S/C17H15N5O/c23-17(14-7-4-8-18-12-14)22-21-15(11-16-19-9-10-20-16)13-5-2-1-3-6-13/h1-10,12H,11H2,(H,19,20)(H,22,23)/b21-15-. The number of carbonyl (C=O) groups excluding carboxylic acids is 1. The number of nitrogens with zero attached hydrogens (tertiary/aromatic N) is 3. The van der Waals surface area contributed by atoms with Crippen molar-refractivity contribution < 1.29 is 4.79 Å². The molecule has 0 bridgehead atoms. The summed E-state index contributed by atoms with van der Waals surface area (Å²) in [4.78, 5) is 23.3. The first kappa shape index (κ1) is 14.6. The number of H-pyrrole nitrogens is 1. The Balaban J connectivity index is 1.81. The highest BCUT2D eigenvalue weighted by Gasteiger charge is 2.09. The van der Waals surface area contributed by atoms with Gasteiger partial charge in [0.15, 0.2) is 0 Å². The summed E-state index contributed by atoms with van der Waals surface area (Å²) in [7, 11) is 0. The first-order valence-electron chi connectivity index (χ1n) is 7.13. The van der Waals surface area contributed by atoms with E-state index in [0.29, 0.717) is 12.0 Å². The molecule has 2 heterocycles. The van der Waals surface area contributed by atoms with Crippen molar-refractivity contribution in [2.45, 2.75) is 6.42 Å². The van der Waals surface area contributed by atoms with Gasteiger partial charge in [0.05, 0.1) is 17.7 Å². The van der Waals surface area contributed by atoms with Gasteiger partial charge < -0.3 is 4.98 Å². The second-order valence-corrected chi connectivity index (χ2v) is 4.82. The van der Waals surface area contributed by atoms with E-state index < -0.39 is 0 Å². The van der Waals surface area contributed by atoms with E-state index in [1.165, 1.54) is 6.20 Å². The summed E-state index contributed by atoms with van der Waals surface area (Å²) >= 11 is 0. The van der Waals surface area contributed by atoms with Crippen LogP contribution in [-0.4, -0.2) is 26.6 Å². The molecule has 6 heteroatoms. The van der Waals surface area contributed by atoms with E-state index in [1.54, 1.807) is 30.7 Å². The monoisotopic (exact) mass is 305 g/mol. The van der Waals surface area contributed by atoms with Crippen LogP contribution in [0.25, 0.3) is 0 Å². The summed E-state index contributed by atoms with van der Waals surface area (Å²) in [5.41, 5.74) is 4.68. The molecule has 0 aliphatic heterocycles. The van der Waals surface area contributed by atoms with Crippen LogP contribution in [0.2, 0.25) is 0 Å². The molecule has 0 saturated carbocycles. The van der Waals surface area contributed by atoms with Gasteiger partial charge in [0, 0.05) is 24.8 Å². The molecule has 6 nitrogen and oxygen atoms in total. The topological polar surface area (TPSA) is 83.0 Å². The maximum absolute atomic E-state index is 12.1. The van der Waals surface area contributed by atoms with Gasteiger partial charge in [0.2, 0.25) is 0 Å². The van der Waals surface area contributed by atoms with Gasteiger partial charge in [-0.25, -0.2) is 10.4 Å². The highest BCUT2D eigenvalue weighted by Crippen LogP contribution is 2.06. The Hall–Kier alpha value is -3.28. The molecule has 1 aromatic carbocycles. The van der Waals surface area contributed by atoms with Gasteiger partial charge in [-0.2, -0.15) is 5.10 Å². The van der Waals surface area contributed by atoms with Crippen molar-refractivity contribution in [1.82, 2.24) is 20.4 Å². The number of imidazole rings is 1. The molecule has 3 aromatic rings. The minimum Gasteiger partial charge on any atom is -0.348 e. The zero-order chi connectivity index (χ0) is 15.9. The third kappa shape index (κ3) is 3.88. The fraction of sp³-hybridized carbons (Fsp3) is 0.0588. The zero-order valence-corrected chi connectivity index (χ0v) is 12.3. The normalized spacial score (nSPS) is 11.2. The van der Waals surface area contributed by atoms with Crippen LogP contribution in [0.3, 0.4) is 0 Å². The Morgan fingerprint density at radius 1 is 1.09 bits per heavy atom. The van der Waals surface area contributed by atoms with E-state index in [4.69, 9.17) is 0 Å². The largest absolute Gasteiger partial charge is 0.348 e. The fourth-order valence-electron chi connectivity index (χ4n) is 2.07.